The molecule has 3 rings (SSSR count). The highest BCUT2D eigenvalue weighted by Crippen LogP contribution is 2.14. The maximum Gasteiger partial charge on any atom is 0.259 e. The predicted octanol–water partition coefficient (Wildman–Crippen LogP) is 3.37. The highest BCUT2D eigenvalue weighted by molar-refractivity contribution is 6.30. The van der Waals surface area contributed by atoms with Gasteiger partial charge in [0.15, 0.2) is 0 Å². The summed E-state index contributed by atoms with van der Waals surface area (Å²) in [5, 5.41) is 9.22. The number of amides is 2. The van der Waals surface area contributed by atoms with Crippen LogP contribution in [0, 0.1) is 0 Å². The molecule has 0 radical (unpaired) electrons. The van der Waals surface area contributed by atoms with Crippen LogP contribution in [0.25, 0.3) is 10.8 Å². The number of rotatable bonds is 5. The Kier molecular flexibility index (Phi) is 5.61. The molecule has 0 aliphatic heterocycles. The average molecular weight is 366 g/mol. The average Bonchev–Trinajstić information content (AvgIpc) is 2.66. The zero-order valence-corrected chi connectivity index (χ0v) is 14.5. The lowest BCUT2D eigenvalue weighted by molar-refractivity contribution is -0.120. The number of hydrogen-bond donors (Lipinski definition) is 2. The van der Waals surface area contributed by atoms with E-state index in [0.29, 0.717) is 10.6 Å². The van der Waals surface area contributed by atoms with E-state index in [1.807, 2.05) is 42.5 Å². The molecule has 130 valence electrons. The fourth-order valence-electron chi connectivity index (χ4n) is 2.37. The summed E-state index contributed by atoms with van der Waals surface area (Å²) < 4.78 is 0. The quantitative estimate of drug-likeness (QED) is 0.537. The van der Waals surface area contributed by atoms with Crippen LogP contribution in [0.4, 0.5) is 0 Å². The van der Waals surface area contributed by atoms with Gasteiger partial charge in [-0.3, -0.25) is 9.59 Å². The molecule has 0 saturated heterocycles. The van der Waals surface area contributed by atoms with Crippen LogP contribution in [-0.2, 0) is 4.79 Å². The molecule has 5 nitrogen and oxygen atoms in total. The van der Waals surface area contributed by atoms with Gasteiger partial charge in [-0.15, -0.1) is 0 Å². The molecule has 3 aromatic carbocycles. The van der Waals surface area contributed by atoms with Gasteiger partial charge < -0.3 is 5.32 Å². The van der Waals surface area contributed by atoms with E-state index < -0.39 is 5.91 Å². The topological polar surface area (TPSA) is 70.6 Å². The lowest BCUT2D eigenvalue weighted by atomic mass is 10.1. The molecule has 0 unspecified atom stereocenters. The molecule has 0 aliphatic rings. The van der Waals surface area contributed by atoms with Crippen LogP contribution in [0.15, 0.2) is 71.8 Å². The number of nitrogens with one attached hydrogen (secondary N) is 2. The van der Waals surface area contributed by atoms with Gasteiger partial charge in [0.2, 0.25) is 0 Å². The van der Waals surface area contributed by atoms with Crippen LogP contribution in [0.3, 0.4) is 0 Å². The van der Waals surface area contributed by atoms with Crippen LogP contribution in [0.1, 0.15) is 15.9 Å². The zero-order valence-electron chi connectivity index (χ0n) is 13.8. The lowest BCUT2D eigenvalue weighted by Gasteiger charge is -2.04. The summed E-state index contributed by atoms with van der Waals surface area (Å²) in [7, 11) is 0. The molecule has 0 fully saturated rings. The second-order valence-corrected chi connectivity index (χ2v) is 6.03. The monoisotopic (exact) mass is 365 g/mol. The highest BCUT2D eigenvalue weighted by Gasteiger charge is 2.07. The third-order valence-electron chi connectivity index (χ3n) is 3.69. The van der Waals surface area contributed by atoms with Gasteiger partial charge >= 0.3 is 0 Å². The molecule has 0 saturated carbocycles. The van der Waals surface area contributed by atoms with Crippen molar-refractivity contribution in [3.8, 4) is 0 Å². The van der Waals surface area contributed by atoms with E-state index in [1.54, 1.807) is 30.5 Å². The van der Waals surface area contributed by atoms with Gasteiger partial charge in [-0.2, -0.15) is 5.10 Å². The summed E-state index contributed by atoms with van der Waals surface area (Å²) in [5.74, 6) is -0.764. The van der Waals surface area contributed by atoms with Gasteiger partial charge in [-0.25, -0.2) is 5.43 Å². The molecular weight excluding hydrogens is 350 g/mol. The van der Waals surface area contributed by atoms with Gasteiger partial charge in [0.25, 0.3) is 11.8 Å². The van der Waals surface area contributed by atoms with Crippen molar-refractivity contribution < 1.29 is 9.59 Å². The first-order valence-corrected chi connectivity index (χ1v) is 8.34. The third kappa shape index (κ3) is 4.68. The van der Waals surface area contributed by atoms with Crippen molar-refractivity contribution >= 4 is 40.4 Å². The van der Waals surface area contributed by atoms with Gasteiger partial charge in [-0.05, 0) is 46.7 Å². The van der Waals surface area contributed by atoms with Gasteiger partial charge in [-0.1, -0.05) is 48.0 Å². The van der Waals surface area contributed by atoms with Crippen molar-refractivity contribution in [2.24, 2.45) is 5.10 Å². The minimum absolute atomic E-state index is 0.170. The van der Waals surface area contributed by atoms with Gasteiger partial charge in [0, 0.05) is 10.6 Å². The Bertz CT molecular complexity index is 968. The van der Waals surface area contributed by atoms with E-state index in [4.69, 9.17) is 11.6 Å². The Labute approximate surface area is 155 Å². The fourth-order valence-corrected chi connectivity index (χ4v) is 2.50. The first kappa shape index (κ1) is 17.6. The summed E-state index contributed by atoms with van der Waals surface area (Å²) in [6.07, 6.45) is 1.56. The Balaban J connectivity index is 1.50. The lowest BCUT2D eigenvalue weighted by Crippen LogP contribution is -2.34. The van der Waals surface area contributed by atoms with Crippen molar-refractivity contribution in [3.63, 3.8) is 0 Å². The maximum absolute atomic E-state index is 11.9. The van der Waals surface area contributed by atoms with Crippen molar-refractivity contribution in [3.05, 3.63) is 82.9 Å². The minimum Gasteiger partial charge on any atom is -0.343 e. The zero-order chi connectivity index (χ0) is 18.4. The first-order chi connectivity index (χ1) is 12.6. The molecule has 0 atom stereocenters. The number of hydrogen-bond acceptors (Lipinski definition) is 3. The van der Waals surface area contributed by atoms with Crippen molar-refractivity contribution in [2.75, 3.05) is 6.54 Å². The molecule has 2 amide bonds. The fraction of sp³-hybridized carbons (Fsp3) is 0.0500. The number of carbonyl (C=O) groups is 2. The Hall–Kier alpha value is -3.18. The molecule has 6 heteroatoms. The number of benzene rings is 3. The van der Waals surface area contributed by atoms with Crippen LogP contribution < -0.4 is 10.7 Å². The largest absolute Gasteiger partial charge is 0.343 e. The van der Waals surface area contributed by atoms with Crippen molar-refractivity contribution in [1.82, 2.24) is 10.7 Å². The number of halogens is 1. The molecule has 2 N–H and O–H groups in total. The number of carbonyl (C=O) groups excluding carboxylic acids is 2. The summed E-state index contributed by atoms with van der Waals surface area (Å²) in [6.45, 7) is -0.170. The first-order valence-electron chi connectivity index (χ1n) is 7.96. The van der Waals surface area contributed by atoms with E-state index in [2.05, 4.69) is 15.8 Å². The number of fused-ring (bicyclic) bond motifs is 1. The van der Waals surface area contributed by atoms with Crippen molar-refractivity contribution in [1.29, 1.82) is 0 Å². The summed E-state index contributed by atoms with van der Waals surface area (Å²) in [5.41, 5.74) is 3.69. The third-order valence-corrected chi connectivity index (χ3v) is 3.94. The van der Waals surface area contributed by atoms with E-state index in [0.717, 1.165) is 16.3 Å². The summed E-state index contributed by atoms with van der Waals surface area (Å²) in [6, 6.07) is 20.3. The minimum atomic E-state index is -0.413. The molecule has 0 aromatic heterocycles. The highest BCUT2D eigenvalue weighted by atomic mass is 35.5. The van der Waals surface area contributed by atoms with Crippen LogP contribution >= 0.6 is 11.6 Å². The standard InChI is InChI=1S/C20H16ClN3O2/c21-18-9-7-16(8-10-18)20(26)22-13-19(25)24-23-12-14-5-6-15-3-1-2-4-17(15)11-14/h1-12H,13H2,(H,22,26)(H,24,25)/b23-12+. The van der Waals surface area contributed by atoms with Crippen LogP contribution in [0.2, 0.25) is 5.02 Å². The Morgan fingerprint density at radius 3 is 2.46 bits per heavy atom. The predicted molar refractivity (Wildman–Crippen MR) is 103 cm³/mol. The molecule has 0 heterocycles. The van der Waals surface area contributed by atoms with Crippen LogP contribution in [0.5, 0.6) is 0 Å². The summed E-state index contributed by atoms with van der Waals surface area (Å²) >= 11 is 5.77. The van der Waals surface area contributed by atoms with Gasteiger partial charge in [0.05, 0.1) is 12.8 Å². The number of hydrazone groups is 1. The Morgan fingerprint density at radius 2 is 1.69 bits per heavy atom. The molecule has 0 bridgehead atoms. The second-order valence-electron chi connectivity index (χ2n) is 5.59. The Morgan fingerprint density at radius 1 is 0.962 bits per heavy atom. The van der Waals surface area contributed by atoms with E-state index in [-0.39, 0.29) is 12.5 Å². The van der Waals surface area contributed by atoms with Gasteiger partial charge in [0.1, 0.15) is 0 Å². The molecule has 26 heavy (non-hydrogen) atoms. The van der Waals surface area contributed by atoms with E-state index in [9.17, 15) is 9.59 Å². The molecular formula is C20H16ClN3O2. The SMILES string of the molecule is O=C(CNC(=O)c1ccc(Cl)cc1)N/N=C/c1ccc2ccccc2c1. The maximum atomic E-state index is 11.9. The number of nitrogens with zero attached hydrogens (tertiary/aromatic N) is 1. The molecule has 0 spiro atoms. The van der Waals surface area contributed by atoms with Crippen molar-refractivity contribution in [2.45, 2.75) is 0 Å². The smallest absolute Gasteiger partial charge is 0.259 e. The second kappa shape index (κ2) is 8.27. The van der Waals surface area contributed by atoms with Crippen LogP contribution in [-0.4, -0.2) is 24.6 Å². The van der Waals surface area contributed by atoms with E-state index >= 15 is 0 Å². The normalized spacial score (nSPS) is 10.8. The molecule has 0 aliphatic carbocycles. The van der Waals surface area contributed by atoms with E-state index in [1.165, 1.54) is 0 Å². The molecule has 3 aromatic rings. The summed E-state index contributed by atoms with van der Waals surface area (Å²) in [4.78, 5) is 23.7.